The summed E-state index contributed by atoms with van der Waals surface area (Å²) in [4.78, 5) is 39.8. The van der Waals surface area contributed by atoms with Crippen molar-refractivity contribution in [1.82, 2.24) is 9.62 Å². The monoisotopic (exact) mass is 593 g/mol. The molecule has 0 saturated carbocycles. The molecule has 2 aliphatic rings. The van der Waals surface area contributed by atoms with Crippen LogP contribution in [-0.4, -0.2) is 61.7 Å². The molecule has 41 heavy (non-hydrogen) atoms. The summed E-state index contributed by atoms with van der Waals surface area (Å²) < 4.78 is 27.7. The molecule has 10 nitrogen and oxygen atoms in total. The van der Waals surface area contributed by atoms with E-state index in [1.54, 1.807) is 53.1 Å². The first-order valence-electron chi connectivity index (χ1n) is 13.2. The Labute approximate surface area is 243 Å². The summed E-state index contributed by atoms with van der Waals surface area (Å²) in [6.45, 7) is 0.383. The average Bonchev–Trinajstić information content (AvgIpc) is 3.60. The van der Waals surface area contributed by atoms with Gasteiger partial charge < -0.3 is 21.3 Å². The van der Waals surface area contributed by atoms with Gasteiger partial charge in [-0.05, 0) is 78.4 Å². The summed E-state index contributed by atoms with van der Waals surface area (Å²) in [6, 6.07) is 18.7. The number of nitrogens with zero attached hydrogens (tertiary/aromatic N) is 2. The fraction of sp³-hybridized carbons (Fsp3) is 0.276. The van der Waals surface area contributed by atoms with E-state index in [1.807, 2.05) is 36.6 Å². The van der Waals surface area contributed by atoms with Gasteiger partial charge in [-0.25, -0.2) is 17.5 Å². The minimum atomic E-state index is -4.09. The highest BCUT2D eigenvalue weighted by molar-refractivity contribution is 7.98. The number of urea groups is 1. The first-order valence-corrected chi connectivity index (χ1v) is 16.0. The molecule has 0 radical (unpaired) electrons. The minimum absolute atomic E-state index is 0.00486. The average molecular weight is 594 g/mol. The van der Waals surface area contributed by atoms with E-state index >= 15 is 0 Å². The van der Waals surface area contributed by atoms with Crippen molar-refractivity contribution < 1.29 is 22.8 Å². The largest absolute Gasteiger partial charge is 0.331 e. The third kappa shape index (κ3) is 5.95. The second kappa shape index (κ2) is 11.9. The molecular formula is C29H31N5O5S2. The molecular weight excluding hydrogens is 562 g/mol. The van der Waals surface area contributed by atoms with Crippen LogP contribution in [0.1, 0.15) is 33.9 Å². The van der Waals surface area contributed by atoms with Crippen molar-refractivity contribution in [3.05, 3.63) is 89.5 Å². The molecule has 1 saturated heterocycles. The summed E-state index contributed by atoms with van der Waals surface area (Å²) in [7, 11) is -4.09. The van der Waals surface area contributed by atoms with Gasteiger partial charge in [-0.2, -0.15) is 11.8 Å². The fourth-order valence-corrected chi connectivity index (χ4v) is 6.83. The maximum absolute atomic E-state index is 13.4. The number of hydrogen-bond donors (Lipinski definition) is 3. The lowest BCUT2D eigenvalue weighted by Crippen LogP contribution is -2.36. The van der Waals surface area contributed by atoms with Crippen LogP contribution >= 0.6 is 11.8 Å². The summed E-state index contributed by atoms with van der Waals surface area (Å²) in [5, 5.41) is 5.51. The standard InChI is InChI=1S/C29H31N5O5S2/c1-40-16-14-24(30)27(35)31-22-9-7-20(8-10-22)28(36)33-15-13-21-17-23(11-12-26(21)33)41(38,39)34-18-25(32-29(34)37)19-5-3-2-4-6-19/h2-12,17,24-25H,13-16,18,30H2,1H3,(H,31,35)(H,32,37)/t24-,25+/m0/s1. The lowest BCUT2D eigenvalue weighted by atomic mass is 10.1. The van der Waals surface area contributed by atoms with Gasteiger partial charge in [0.2, 0.25) is 5.91 Å². The highest BCUT2D eigenvalue weighted by atomic mass is 32.2. The van der Waals surface area contributed by atoms with E-state index in [0.29, 0.717) is 41.9 Å². The van der Waals surface area contributed by atoms with Crippen LogP contribution in [0.2, 0.25) is 0 Å². The second-order valence-corrected chi connectivity index (χ2v) is 12.7. The zero-order valence-electron chi connectivity index (χ0n) is 22.4. The Kier molecular flexibility index (Phi) is 8.34. The van der Waals surface area contributed by atoms with Gasteiger partial charge >= 0.3 is 6.03 Å². The molecule has 214 valence electrons. The van der Waals surface area contributed by atoms with Crippen molar-refractivity contribution in [3.8, 4) is 0 Å². The molecule has 3 aromatic carbocycles. The number of nitrogens with two attached hydrogens (primary N) is 1. The van der Waals surface area contributed by atoms with E-state index in [0.717, 1.165) is 15.6 Å². The molecule has 0 aromatic heterocycles. The number of fused-ring (bicyclic) bond motifs is 1. The van der Waals surface area contributed by atoms with Crippen LogP contribution in [0.15, 0.2) is 77.7 Å². The van der Waals surface area contributed by atoms with Crippen molar-refractivity contribution in [3.63, 3.8) is 0 Å². The molecule has 4 amide bonds. The second-order valence-electron chi connectivity index (χ2n) is 9.90. The predicted molar refractivity (Wildman–Crippen MR) is 159 cm³/mol. The topological polar surface area (TPSA) is 142 Å². The number of benzene rings is 3. The Morgan fingerprint density at radius 2 is 1.83 bits per heavy atom. The van der Waals surface area contributed by atoms with E-state index in [1.165, 1.54) is 6.07 Å². The highest BCUT2D eigenvalue weighted by Gasteiger charge is 2.39. The number of thioether (sulfide) groups is 1. The van der Waals surface area contributed by atoms with Crippen LogP contribution in [-0.2, 0) is 21.2 Å². The molecule has 2 aliphatic heterocycles. The molecule has 2 heterocycles. The molecule has 4 N–H and O–H groups in total. The summed E-state index contributed by atoms with van der Waals surface area (Å²) in [5.74, 6) is 0.271. The van der Waals surface area contributed by atoms with Gasteiger partial charge in [0, 0.05) is 23.5 Å². The molecule has 0 aliphatic carbocycles. The third-order valence-electron chi connectivity index (χ3n) is 7.22. The van der Waals surface area contributed by atoms with Gasteiger partial charge in [0.1, 0.15) is 0 Å². The van der Waals surface area contributed by atoms with Gasteiger partial charge in [0.25, 0.3) is 15.9 Å². The molecule has 0 spiro atoms. The summed E-state index contributed by atoms with van der Waals surface area (Å²) >= 11 is 1.62. The van der Waals surface area contributed by atoms with E-state index < -0.39 is 28.1 Å². The Bertz CT molecular complexity index is 1560. The molecule has 0 bridgehead atoms. The Morgan fingerprint density at radius 3 is 2.54 bits per heavy atom. The van der Waals surface area contributed by atoms with Gasteiger partial charge in [-0.15, -0.1) is 0 Å². The van der Waals surface area contributed by atoms with Crippen LogP contribution in [0, 0.1) is 0 Å². The number of nitrogens with one attached hydrogen (secondary N) is 2. The summed E-state index contributed by atoms with van der Waals surface area (Å²) in [5.41, 5.74) is 9.06. The van der Waals surface area contributed by atoms with Crippen LogP contribution < -0.4 is 21.3 Å². The lowest BCUT2D eigenvalue weighted by Gasteiger charge is -2.19. The minimum Gasteiger partial charge on any atom is -0.328 e. The van der Waals surface area contributed by atoms with E-state index in [4.69, 9.17) is 5.73 Å². The van der Waals surface area contributed by atoms with Gasteiger partial charge in [-0.1, -0.05) is 30.3 Å². The van der Waals surface area contributed by atoms with Crippen molar-refractivity contribution in [2.45, 2.75) is 29.8 Å². The summed E-state index contributed by atoms with van der Waals surface area (Å²) in [6.07, 6.45) is 3.00. The van der Waals surface area contributed by atoms with E-state index in [2.05, 4.69) is 10.6 Å². The Hall–Kier alpha value is -3.87. The van der Waals surface area contributed by atoms with Gasteiger partial charge in [0.05, 0.1) is 23.5 Å². The molecule has 1 fully saturated rings. The number of amides is 4. The molecule has 3 aromatic rings. The normalized spacial score (nSPS) is 17.2. The van der Waals surface area contributed by atoms with E-state index in [-0.39, 0.29) is 23.3 Å². The van der Waals surface area contributed by atoms with Crippen LogP contribution in [0.4, 0.5) is 16.2 Å². The maximum atomic E-state index is 13.4. The van der Waals surface area contributed by atoms with Crippen LogP contribution in [0.25, 0.3) is 0 Å². The van der Waals surface area contributed by atoms with Crippen LogP contribution in [0.5, 0.6) is 0 Å². The number of carbonyl (C=O) groups excluding carboxylic acids is 3. The van der Waals surface area contributed by atoms with Gasteiger partial charge in [0.15, 0.2) is 0 Å². The van der Waals surface area contributed by atoms with Gasteiger partial charge in [-0.3, -0.25) is 9.59 Å². The maximum Gasteiger partial charge on any atom is 0.331 e. The molecule has 2 atom stereocenters. The SMILES string of the molecule is CSCC[C@H](N)C(=O)Nc1ccc(C(=O)N2CCc3cc(S(=O)(=O)N4C[C@H](c5ccccc5)NC4=O)ccc32)cc1. The van der Waals surface area contributed by atoms with Crippen molar-refractivity contribution >= 4 is 51.0 Å². The Balaban J connectivity index is 1.27. The highest BCUT2D eigenvalue weighted by Crippen LogP contribution is 2.33. The first-order chi connectivity index (χ1) is 19.7. The first kappa shape index (κ1) is 28.7. The smallest absolute Gasteiger partial charge is 0.328 e. The number of rotatable bonds is 9. The molecule has 0 unspecified atom stereocenters. The van der Waals surface area contributed by atoms with Crippen molar-refractivity contribution in [1.29, 1.82) is 0 Å². The zero-order valence-corrected chi connectivity index (χ0v) is 24.1. The lowest BCUT2D eigenvalue weighted by molar-refractivity contribution is -0.117. The van der Waals surface area contributed by atoms with Crippen LogP contribution in [0.3, 0.4) is 0 Å². The number of sulfonamides is 1. The number of hydrogen-bond acceptors (Lipinski definition) is 7. The quantitative estimate of drug-likeness (QED) is 0.345. The zero-order chi connectivity index (χ0) is 29.1. The molecule has 5 rings (SSSR count). The fourth-order valence-electron chi connectivity index (χ4n) is 4.94. The predicted octanol–water partition coefficient (Wildman–Crippen LogP) is 3.36. The molecule has 12 heteroatoms. The number of anilines is 2. The van der Waals surface area contributed by atoms with E-state index in [9.17, 15) is 22.8 Å². The Morgan fingerprint density at radius 1 is 1.10 bits per heavy atom. The number of carbonyl (C=O) groups is 3. The van der Waals surface area contributed by atoms with Crippen molar-refractivity contribution in [2.75, 3.05) is 35.3 Å². The third-order valence-corrected chi connectivity index (χ3v) is 9.61. The van der Waals surface area contributed by atoms with Crippen molar-refractivity contribution in [2.24, 2.45) is 5.73 Å².